The van der Waals surface area contributed by atoms with Gasteiger partial charge in [-0.2, -0.15) is 4.72 Å². The van der Waals surface area contributed by atoms with Crippen LogP contribution in [-0.2, 0) is 26.0 Å². The van der Waals surface area contributed by atoms with Crippen LogP contribution >= 0.6 is 0 Å². The molecule has 2 amide bonds. The average molecular weight is 490 g/mol. The van der Waals surface area contributed by atoms with Crippen molar-refractivity contribution in [1.29, 1.82) is 0 Å². The summed E-state index contributed by atoms with van der Waals surface area (Å²) in [6, 6.07) is 8.61. The van der Waals surface area contributed by atoms with E-state index >= 15 is 0 Å². The smallest absolute Gasteiger partial charge is 0.242 e. The number of hydrogen-bond donors (Lipinski definition) is 2. The number of nitrogens with one attached hydrogen (secondary N) is 2. The number of ether oxygens (including phenoxy) is 2. The first kappa shape index (κ1) is 25.5. The highest BCUT2D eigenvalue weighted by atomic mass is 32.2. The number of nitrogens with zero attached hydrogens (tertiary/aromatic N) is 1. The second-order valence-electron chi connectivity index (χ2n) is 8.57. The molecule has 0 saturated carbocycles. The van der Waals surface area contributed by atoms with E-state index in [9.17, 15) is 18.0 Å². The van der Waals surface area contributed by atoms with Crippen molar-refractivity contribution < 1.29 is 27.5 Å². The molecular weight excluding hydrogens is 458 g/mol. The molecule has 1 unspecified atom stereocenters. The molecule has 1 aliphatic rings. The Morgan fingerprint density at radius 3 is 2.44 bits per heavy atom. The molecule has 0 saturated heterocycles. The molecule has 1 heterocycles. The summed E-state index contributed by atoms with van der Waals surface area (Å²) in [6.07, 6.45) is 0.865. The molecule has 2 N–H and O–H groups in total. The molecule has 9 nitrogen and oxygen atoms in total. The Kier molecular flexibility index (Phi) is 7.83. The lowest BCUT2D eigenvalue weighted by molar-refractivity contribution is -0.118. The van der Waals surface area contributed by atoms with E-state index in [1.54, 1.807) is 35.2 Å². The maximum Gasteiger partial charge on any atom is 0.242 e. The molecule has 0 radical (unpaired) electrons. The lowest BCUT2D eigenvalue weighted by atomic mass is 10.0. The van der Waals surface area contributed by atoms with Gasteiger partial charge in [-0.15, -0.1) is 0 Å². The fraction of sp³-hybridized carbons (Fsp3) is 0.417. The van der Waals surface area contributed by atoms with Crippen LogP contribution in [0.15, 0.2) is 41.3 Å². The molecule has 0 aliphatic carbocycles. The molecule has 0 fully saturated rings. The molecule has 0 aromatic heterocycles. The standard InChI is InChI=1S/C24H31N3O6S/c1-15(2)12-21(24(29)25-20-14-18(32-4)6-9-23(20)33-5)26-34(30,31)19-7-8-22-17(13-19)10-11-27(22)16(3)28/h6-9,13-15,21,26H,10-12H2,1-5H3,(H,25,29). The monoisotopic (exact) mass is 489 g/mol. The Labute approximate surface area is 200 Å². The normalized spacial score (nSPS) is 14.0. The second kappa shape index (κ2) is 10.4. The zero-order valence-electron chi connectivity index (χ0n) is 20.0. The fourth-order valence-electron chi connectivity index (χ4n) is 3.94. The van der Waals surface area contributed by atoms with Crippen molar-refractivity contribution >= 4 is 33.2 Å². The predicted octanol–water partition coefficient (Wildman–Crippen LogP) is 2.94. The van der Waals surface area contributed by atoms with Crippen LogP contribution in [0, 0.1) is 5.92 Å². The van der Waals surface area contributed by atoms with E-state index in [0.29, 0.717) is 42.3 Å². The first-order chi connectivity index (χ1) is 16.1. The van der Waals surface area contributed by atoms with Gasteiger partial charge in [0.2, 0.25) is 21.8 Å². The highest BCUT2D eigenvalue weighted by Gasteiger charge is 2.29. The SMILES string of the molecule is COc1ccc(OC)c(NC(=O)C(CC(C)C)NS(=O)(=O)c2ccc3c(c2)CCN3C(C)=O)c1. The van der Waals surface area contributed by atoms with Gasteiger partial charge in [-0.3, -0.25) is 9.59 Å². The zero-order valence-corrected chi connectivity index (χ0v) is 20.9. The quantitative estimate of drug-likeness (QED) is 0.560. The number of carbonyl (C=O) groups excluding carboxylic acids is 2. The summed E-state index contributed by atoms with van der Waals surface area (Å²) in [4.78, 5) is 26.6. The third-order valence-corrected chi connectivity index (χ3v) is 7.09. The molecule has 2 aromatic rings. The van der Waals surface area contributed by atoms with E-state index in [0.717, 1.165) is 5.56 Å². The zero-order chi connectivity index (χ0) is 25.0. The number of carbonyl (C=O) groups is 2. The van der Waals surface area contributed by atoms with Gasteiger partial charge >= 0.3 is 0 Å². The molecule has 10 heteroatoms. The van der Waals surface area contributed by atoms with Gasteiger partial charge in [0.25, 0.3) is 0 Å². The number of benzene rings is 2. The van der Waals surface area contributed by atoms with Crippen molar-refractivity contribution in [2.75, 3.05) is 31.0 Å². The summed E-state index contributed by atoms with van der Waals surface area (Å²) in [6.45, 7) is 5.81. The van der Waals surface area contributed by atoms with Gasteiger partial charge in [-0.1, -0.05) is 13.8 Å². The third kappa shape index (κ3) is 5.68. The van der Waals surface area contributed by atoms with Crippen LogP contribution in [0.1, 0.15) is 32.8 Å². The summed E-state index contributed by atoms with van der Waals surface area (Å²) >= 11 is 0. The van der Waals surface area contributed by atoms with Crippen molar-refractivity contribution in [1.82, 2.24) is 4.72 Å². The van der Waals surface area contributed by atoms with Crippen LogP contribution in [0.5, 0.6) is 11.5 Å². The highest BCUT2D eigenvalue weighted by Crippen LogP contribution is 2.31. The Morgan fingerprint density at radius 2 is 1.82 bits per heavy atom. The molecule has 3 rings (SSSR count). The Hall–Kier alpha value is -3.11. The maximum absolute atomic E-state index is 13.2. The van der Waals surface area contributed by atoms with E-state index in [-0.39, 0.29) is 16.7 Å². The van der Waals surface area contributed by atoms with Crippen molar-refractivity contribution in [2.45, 2.75) is 44.6 Å². The number of methoxy groups -OCH3 is 2. The number of amides is 2. The summed E-state index contributed by atoms with van der Waals surface area (Å²) in [5.41, 5.74) is 1.87. The van der Waals surface area contributed by atoms with Gasteiger partial charge < -0.3 is 19.7 Å². The minimum Gasteiger partial charge on any atom is -0.497 e. The lowest BCUT2D eigenvalue weighted by Gasteiger charge is -2.21. The van der Waals surface area contributed by atoms with E-state index in [4.69, 9.17) is 9.47 Å². The van der Waals surface area contributed by atoms with Crippen LogP contribution in [0.3, 0.4) is 0 Å². The minimum absolute atomic E-state index is 0.0507. The van der Waals surface area contributed by atoms with Crippen molar-refractivity contribution in [3.05, 3.63) is 42.0 Å². The van der Waals surface area contributed by atoms with E-state index in [1.807, 2.05) is 13.8 Å². The molecule has 1 atom stereocenters. The first-order valence-electron chi connectivity index (χ1n) is 11.0. The van der Waals surface area contributed by atoms with Crippen LogP contribution in [-0.4, -0.2) is 47.0 Å². The summed E-state index contributed by atoms with van der Waals surface area (Å²) in [5.74, 6) is 0.403. The summed E-state index contributed by atoms with van der Waals surface area (Å²) in [7, 11) is -1.01. The molecule has 0 spiro atoms. The summed E-state index contributed by atoms with van der Waals surface area (Å²) in [5, 5.41) is 2.76. The number of hydrogen-bond acceptors (Lipinski definition) is 6. The van der Waals surface area contributed by atoms with Gasteiger partial charge in [0.05, 0.1) is 24.8 Å². The maximum atomic E-state index is 13.2. The molecule has 0 bridgehead atoms. The van der Waals surface area contributed by atoms with Crippen molar-refractivity contribution in [3.8, 4) is 11.5 Å². The molecule has 1 aliphatic heterocycles. The number of sulfonamides is 1. The molecular formula is C24H31N3O6S. The van der Waals surface area contributed by atoms with Crippen LogP contribution < -0.4 is 24.4 Å². The second-order valence-corrected chi connectivity index (χ2v) is 10.3. The van der Waals surface area contributed by atoms with Gasteiger partial charge in [0.1, 0.15) is 17.5 Å². The Balaban J connectivity index is 1.85. The Morgan fingerprint density at radius 1 is 1.09 bits per heavy atom. The van der Waals surface area contributed by atoms with Crippen LogP contribution in [0.25, 0.3) is 0 Å². The van der Waals surface area contributed by atoms with E-state index < -0.39 is 22.0 Å². The molecule has 2 aromatic carbocycles. The highest BCUT2D eigenvalue weighted by molar-refractivity contribution is 7.89. The molecule has 184 valence electrons. The predicted molar refractivity (Wildman–Crippen MR) is 130 cm³/mol. The van der Waals surface area contributed by atoms with Gasteiger partial charge in [0, 0.05) is 25.2 Å². The summed E-state index contributed by atoms with van der Waals surface area (Å²) < 4.78 is 39.5. The number of anilines is 2. The van der Waals surface area contributed by atoms with Crippen LogP contribution in [0.2, 0.25) is 0 Å². The first-order valence-corrected chi connectivity index (χ1v) is 12.5. The number of fused-ring (bicyclic) bond motifs is 1. The topological polar surface area (TPSA) is 114 Å². The number of rotatable bonds is 9. The average Bonchev–Trinajstić information content (AvgIpc) is 3.21. The van der Waals surface area contributed by atoms with Gasteiger partial charge in [-0.25, -0.2) is 8.42 Å². The van der Waals surface area contributed by atoms with Crippen molar-refractivity contribution in [3.63, 3.8) is 0 Å². The van der Waals surface area contributed by atoms with Gasteiger partial charge in [-0.05, 0) is 54.7 Å². The lowest BCUT2D eigenvalue weighted by Crippen LogP contribution is -2.44. The van der Waals surface area contributed by atoms with Gasteiger partial charge in [0.15, 0.2) is 0 Å². The third-order valence-electron chi connectivity index (χ3n) is 5.62. The van der Waals surface area contributed by atoms with E-state index in [1.165, 1.54) is 27.2 Å². The molecule has 34 heavy (non-hydrogen) atoms. The van der Waals surface area contributed by atoms with Crippen LogP contribution in [0.4, 0.5) is 11.4 Å². The largest absolute Gasteiger partial charge is 0.497 e. The fourth-order valence-corrected chi connectivity index (χ4v) is 5.20. The van der Waals surface area contributed by atoms with E-state index in [2.05, 4.69) is 10.0 Å². The minimum atomic E-state index is -4.00. The van der Waals surface area contributed by atoms with Crippen molar-refractivity contribution in [2.24, 2.45) is 5.92 Å². The Bertz CT molecular complexity index is 1180.